The van der Waals surface area contributed by atoms with E-state index in [4.69, 9.17) is 9.47 Å². The van der Waals surface area contributed by atoms with Crippen LogP contribution in [0.3, 0.4) is 0 Å². The Labute approximate surface area is 104 Å². The number of halogens is 3. The molecule has 2 rings (SSSR count). The molecule has 0 saturated carbocycles. The summed E-state index contributed by atoms with van der Waals surface area (Å²) in [6.07, 6.45) is 1.75. The van der Waals surface area contributed by atoms with E-state index in [1.165, 1.54) is 6.07 Å². The van der Waals surface area contributed by atoms with Crippen LogP contribution < -0.4 is 10.2 Å². The summed E-state index contributed by atoms with van der Waals surface area (Å²) in [6, 6.07) is 3.61. The average Bonchev–Trinajstić information content (AvgIpc) is 2.32. The largest absolute Gasteiger partial charge is 0.509 e. The fourth-order valence-corrected chi connectivity index (χ4v) is 1.99. The van der Waals surface area contributed by atoms with Crippen molar-refractivity contribution in [2.45, 2.75) is 25.9 Å². The molecule has 1 unspecified atom stereocenters. The highest BCUT2D eigenvalue weighted by molar-refractivity contribution is 6.73. The Morgan fingerprint density at radius 3 is 2.67 bits per heavy atom. The van der Waals surface area contributed by atoms with Crippen LogP contribution in [0.4, 0.5) is 12.9 Å². The second-order valence-corrected chi connectivity index (χ2v) is 4.56. The SMILES string of the molecule is Cc1cc([B-](F)(F)F)ccc1OC1CCCOC1. The molecule has 1 aromatic carbocycles. The summed E-state index contributed by atoms with van der Waals surface area (Å²) in [5.74, 6) is 0.509. The first-order valence-corrected chi connectivity index (χ1v) is 6.02. The number of hydrogen-bond donors (Lipinski definition) is 0. The zero-order valence-electron chi connectivity index (χ0n) is 10.2. The number of rotatable bonds is 3. The van der Waals surface area contributed by atoms with Crippen molar-refractivity contribution in [1.82, 2.24) is 0 Å². The van der Waals surface area contributed by atoms with Gasteiger partial charge in [-0.2, -0.15) is 0 Å². The van der Waals surface area contributed by atoms with Crippen LogP contribution in [0, 0.1) is 6.92 Å². The monoisotopic (exact) mass is 259 g/mol. The summed E-state index contributed by atoms with van der Waals surface area (Å²) in [7, 11) is 0. The molecule has 18 heavy (non-hydrogen) atoms. The lowest BCUT2D eigenvalue weighted by Gasteiger charge is -2.25. The highest BCUT2D eigenvalue weighted by Gasteiger charge is 2.26. The van der Waals surface area contributed by atoms with Crippen molar-refractivity contribution in [3.8, 4) is 5.75 Å². The van der Waals surface area contributed by atoms with Gasteiger partial charge in [-0.15, -0.1) is 5.46 Å². The predicted octanol–water partition coefficient (Wildman–Crippen LogP) is 2.61. The molecule has 1 atom stereocenters. The Kier molecular flexibility index (Phi) is 3.85. The van der Waals surface area contributed by atoms with Crippen molar-refractivity contribution >= 4 is 12.4 Å². The molecule has 0 radical (unpaired) electrons. The van der Waals surface area contributed by atoms with Crippen molar-refractivity contribution in [3.05, 3.63) is 23.8 Å². The second-order valence-electron chi connectivity index (χ2n) is 4.56. The minimum atomic E-state index is -4.94. The number of ether oxygens (including phenoxy) is 2. The first-order valence-electron chi connectivity index (χ1n) is 6.02. The first kappa shape index (κ1) is 13.3. The van der Waals surface area contributed by atoms with Gasteiger partial charge in [0.1, 0.15) is 11.9 Å². The molecular weight excluding hydrogens is 244 g/mol. The molecule has 1 aliphatic rings. The lowest BCUT2D eigenvalue weighted by molar-refractivity contribution is 0.00716. The topological polar surface area (TPSA) is 18.5 Å². The van der Waals surface area contributed by atoms with Gasteiger partial charge in [0.25, 0.3) is 0 Å². The van der Waals surface area contributed by atoms with E-state index < -0.39 is 12.4 Å². The number of hydrogen-bond acceptors (Lipinski definition) is 2. The zero-order valence-corrected chi connectivity index (χ0v) is 10.2. The van der Waals surface area contributed by atoms with E-state index in [-0.39, 0.29) is 6.10 Å². The highest BCUT2D eigenvalue weighted by atomic mass is 19.4. The van der Waals surface area contributed by atoms with E-state index in [2.05, 4.69) is 0 Å². The third kappa shape index (κ3) is 3.19. The van der Waals surface area contributed by atoms with Crippen LogP contribution >= 0.6 is 0 Å². The lowest BCUT2D eigenvalue weighted by Crippen LogP contribution is -2.34. The molecule has 1 heterocycles. The zero-order chi connectivity index (χ0) is 13.2. The van der Waals surface area contributed by atoms with Gasteiger partial charge in [-0.3, -0.25) is 0 Å². The molecule has 0 aromatic heterocycles. The van der Waals surface area contributed by atoms with E-state index in [9.17, 15) is 12.9 Å². The molecule has 6 heteroatoms. The smallest absolute Gasteiger partial charge is 0.488 e. The molecule has 1 aliphatic heterocycles. The van der Waals surface area contributed by atoms with Gasteiger partial charge in [-0.1, -0.05) is 12.1 Å². The standard InChI is InChI=1S/C12H15BF3O2/c1-9-7-10(13(14,15)16)4-5-12(9)18-11-3-2-6-17-8-11/h4-5,7,11H,2-3,6,8H2,1H3/q-1. The molecule has 100 valence electrons. The normalized spacial score (nSPS) is 20.8. The predicted molar refractivity (Wildman–Crippen MR) is 64.4 cm³/mol. The van der Waals surface area contributed by atoms with Gasteiger partial charge in [-0.05, 0) is 31.4 Å². The quantitative estimate of drug-likeness (QED) is 0.777. The van der Waals surface area contributed by atoms with E-state index in [0.29, 0.717) is 17.9 Å². The van der Waals surface area contributed by atoms with Crippen molar-refractivity contribution in [2.24, 2.45) is 0 Å². The molecule has 0 spiro atoms. The van der Waals surface area contributed by atoms with Crippen LogP contribution in [0.1, 0.15) is 18.4 Å². The second kappa shape index (κ2) is 5.22. The maximum atomic E-state index is 12.6. The fourth-order valence-electron chi connectivity index (χ4n) is 1.99. The van der Waals surface area contributed by atoms with Crippen molar-refractivity contribution in [3.63, 3.8) is 0 Å². The van der Waals surface area contributed by atoms with Crippen molar-refractivity contribution < 1.29 is 22.4 Å². The summed E-state index contributed by atoms with van der Waals surface area (Å²) in [4.78, 5) is 0. The lowest BCUT2D eigenvalue weighted by atomic mass is 9.79. The van der Waals surface area contributed by atoms with E-state index >= 15 is 0 Å². The molecular formula is C12H15BF3O2-. The van der Waals surface area contributed by atoms with Crippen LogP contribution in [0.15, 0.2) is 18.2 Å². The molecule has 1 saturated heterocycles. The minimum Gasteiger partial charge on any atom is -0.488 e. The van der Waals surface area contributed by atoms with Gasteiger partial charge in [0.05, 0.1) is 6.61 Å². The van der Waals surface area contributed by atoms with Gasteiger partial charge in [0.2, 0.25) is 0 Å². The summed E-state index contributed by atoms with van der Waals surface area (Å²) in [6.45, 7) is -2.08. The van der Waals surface area contributed by atoms with Crippen LogP contribution in [0.2, 0.25) is 0 Å². The summed E-state index contributed by atoms with van der Waals surface area (Å²) in [5, 5.41) is 0. The summed E-state index contributed by atoms with van der Waals surface area (Å²) >= 11 is 0. The molecule has 0 amide bonds. The fraction of sp³-hybridized carbons (Fsp3) is 0.500. The first-order chi connectivity index (χ1) is 8.47. The number of aryl methyl sites for hydroxylation is 1. The van der Waals surface area contributed by atoms with Crippen LogP contribution in [0.25, 0.3) is 0 Å². The van der Waals surface area contributed by atoms with Crippen LogP contribution in [-0.2, 0) is 4.74 Å². The van der Waals surface area contributed by atoms with Crippen molar-refractivity contribution in [1.29, 1.82) is 0 Å². The van der Waals surface area contributed by atoms with Crippen LogP contribution in [-0.4, -0.2) is 26.3 Å². The third-order valence-corrected chi connectivity index (χ3v) is 2.99. The molecule has 0 aliphatic carbocycles. The van der Waals surface area contributed by atoms with E-state index in [1.54, 1.807) is 6.92 Å². The molecule has 2 nitrogen and oxygen atoms in total. The molecule has 0 N–H and O–H groups in total. The third-order valence-electron chi connectivity index (χ3n) is 2.99. The van der Waals surface area contributed by atoms with Crippen molar-refractivity contribution in [2.75, 3.05) is 13.2 Å². The maximum absolute atomic E-state index is 12.6. The van der Waals surface area contributed by atoms with Gasteiger partial charge in [0.15, 0.2) is 0 Å². The van der Waals surface area contributed by atoms with Gasteiger partial charge < -0.3 is 22.4 Å². The van der Waals surface area contributed by atoms with E-state index in [1.807, 2.05) is 0 Å². The highest BCUT2D eigenvalue weighted by Crippen LogP contribution is 2.22. The number of benzene rings is 1. The van der Waals surface area contributed by atoms with Gasteiger partial charge >= 0.3 is 6.98 Å². The van der Waals surface area contributed by atoms with Gasteiger partial charge in [0, 0.05) is 6.61 Å². The summed E-state index contributed by atoms with van der Waals surface area (Å²) in [5.41, 5.74) is -0.0722. The van der Waals surface area contributed by atoms with Gasteiger partial charge in [-0.25, -0.2) is 0 Å². The minimum absolute atomic E-state index is 0.0558. The Morgan fingerprint density at radius 1 is 1.33 bits per heavy atom. The Balaban J connectivity index is 2.09. The van der Waals surface area contributed by atoms with E-state index in [0.717, 1.165) is 31.6 Å². The average molecular weight is 259 g/mol. The Bertz CT molecular complexity index is 414. The molecule has 0 bridgehead atoms. The maximum Gasteiger partial charge on any atom is 0.509 e. The molecule has 1 fully saturated rings. The Morgan fingerprint density at radius 2 is 2.11 bits per heavy atom. The van der Waals surface area contributed by atoms with Crippen LogP contribution in [0.5, 0.6) is 5.75 Å². The Hall–Kier alpha value is -1.17. The summed E-state index contributed by atoms with van der Waals surface area (Å²) < 4.78 is 48.6. The molecule has 1 aromatic rings.